The maximum Gasteiger partial charge on any atom is 0.240 e. The van der Waals surface area contributed by atoms with E-state index in [1.807, 2.05) is 13.0 Å². The van der Waals surface area contributed by atoms with Gasteiger partial charge in [0.25, 0.3) is 0 Å². The zero-order valence-corrected chi connectivity index (χ0v) is 16.2. The highest BCUT2D eigenvalue weighted by Crippen LogP contribution is 2.30. The molecule has 0 spiro atoms. The van der Waals surface area contributed by atoms with Crippen molar-refractivity contribution in [2.24, 2.45) is 0 Å². The predicted molar refractivity (Wildman–Crippen MR) is 100 cm³/mol. The van der Waals surface area contributed by atoms with Gasteiger partial charge in [0.1, 0.15) is 25.6 Å². The molecule has 0 saturated heterocycles. The van der Waals surface area contributed by atoms with Crippen LogP contribution in [0.1, 0.15) is 11.1 Å². The fraction of sp³-hybridized carbons (Fsp3) is 0.368. The van der Waals surface area contributed by atoms with E-state index in [-0.39, 0.29) is 11.4 Å². The molecule has 1 aliphatic rings. The maximum absolute atomic E-state index is 12.6. The summed E-state index contributed by atoms with van der Waals surface area (Å²) in [5.41, 5.74) is 1.53. The summed E-state index contributed by atoms with van der Waals surface area (Å²) >= 11 is 0. The molecule has 2 aromatic rings. The van der Waals surface area contributed by atoms with Crippen LogP contribution < -0.4 is 18.9 Å². The van der Waals surface area contributed by atoms with Crippen molar-refractivity contribution in [1.82, 2.24) is 4.72 Å². The molecule has 0 amide bonds. The Bertz CT molecular complexity index is 897. The molecule has 27 heavy (non-hydrogen) atoms. The second-order valence-electron chi connectivity index (χ2n) is 6.07. The SMILES string of the molecule is COCCOc1ccc(S(=O)(=O)NCc2ccc3c(c2)OCCO3)cc1C. The van der Waals surface area contributed by atoms with Crippen LogP contribution in [-0.4, -0.2) is 42.0 Å². The third kappa shape index (κ3) is 4.91. The first-order valence-electron chi connectivity index (χ1n) is 8.60. The van der Waals surface area contributed by atoms with Crippen LogP contribution in [0.25, 0.3) is 0 Å². The summed E-state index contributed by atoms with van der Waals surface area (Å²) in [4.78, 5) is 0.191. The molecule has 1 heterocycles. The molecule has 8 heteroatoms. The third-order valence-electron chi connectivity index (χ3n) is 4.07. The topological polar surface area (TPSA) is 83.1 Å². The van der Waals surface area contributed by atoms with Gasteiger partial charge < -0.3 is 18.9 Å². The summed E-state index contributed by atoms with van der Waals surface area (Å²) in [6, 6.07) is 10.2. The van der Waals surface area contributed by atoms with E-state index in [2.05, 4.69) is 4.72 Å². The van der Waals surface area contributed by atoms with Gasteiger partial charge in [0.2, 0.25) is 10.0 Å². The molecule has 0 aromatic heterocycles. The Hall–Kier alpha value is -2.29. The van der Waals surface area contributed by atoms with Gasteiger partial charge in [0, 0.05) is 13.7 Å². The van der Waals surface area contributed by atoms with E-state index in [0.717, 1.165) is 11.1 Å². The van der Waals surface area contributed by atoms with Gasteiger partial charge in [-0.05, 0) is 48.4 Å². The summed E-state index contributed by atoms with van der Waals surface area (Å²) in [6.07, 6.45) is 0. The van der Waals surface area contributed by atoms with E-state index < -0.39 is 10.0 Å². The van der Waals surface area contributed by atoms with Crippen molar-refractivity contribution in [3.8, 4) is 17.2 Å². The predicted octanol–water partition coefficient (Wildman–Crippen LogP) is 2.27. The number of aryl methyl sites for hydroxylation is 1. The maximum atomic E-state index is 12.6. The molecular weight excluding hydrogens is 370 g/mol. The fourth-order valence-corrected chi connectivity index (χ4v) is 3.75. The summed E-state index contributed by atoms with van der Waals surface area (Å²) < 4.78 is 49.3. The summed E-state index contributed by atoms with van der Waals surface area (Å²) in [5, 5.41) is 0. The smallest absolute Gasteiger partial charge is 0.240 e. The molecule has 1 N–H and O–H groups in total. The van der Waals surface area contributed by atoms with E-state index in [4.69, 9.17) is 18.9 Å². The van der Waals surface area contributed by atoms with Gasteiger partial charge >= 0.3 is 0 Å². The Morgan fingerprint density at radius 1 is 1.04 bits per heavy atom. The minimum atomic E-state index is -3.65. The van der Waals surface area contributed by atoms with E-state index in [1.165, 1.54) is 6.07 Å². The largest absolute Gasteiger partial charge is 0.491 e. The number of hydrogen-bond donors (Lipinski definition) is 1. The first-order valence-corrected chi connectivity index (χ1v) is 10.1. The minimum Gasteiger partial charge on any atom is -0.491 e. The molecule has 0 aliphatic carbocycles. The van der Waals surface area contributed by atoms with Crippen LogP contribution in [0.2, 0.25) is 0 Å². The van der Waals surface area contributed by atoms with E-state index >= 15 is 0 Å². The second kappa shape index (κ2) is 8.60. The summed E-state index contributed by atoms with van der Waals surface area (Å²) in [7, 11) is -2.05. The van der Waals surface area contributed by atoms with Crippen molar-refractivity contribution in [3.63, 3.8) is 0 Å². The van der Waals surface area contributed by atoms with Crippen molar-refractivity contribution >= 4 is 10.0 Å². The average Bonchev–Trinajstić information content (AvgIpc) is 2.67. The molecule has 0 unspecified atom stereocenters. The van der Waals surface area contributed by atoms with Crippen LogP contribution in [0.3, 0.4) is 0 Å². The molecule has 3 rings (SSSR count). The highest BCUT2D eigenvalue weighted by atomic mass is 32.2. The van der Waals surface area contributed by atoms with E-state index in [9.17, 15) is 8.42 Å². The van der Waals surface area contributed by atoms with Gasteiger partial charge in [-0.2, -0.15) is 0 Å². The molecule has 0 atom stereocenters. The number of benzene rings is 2. The lowest BCUT2D eigenvalue weighted by atomic mass is 10.2. The highest BCUT2D eigenvalue weighted by molar-refractivity contribution is 7.89. The summed E-state index contributed by atoms with van der Waals surface area (Å²) in [6.45, 7) is 3.85. The normalized spacial score (nSPS) is 13.4. The Morgan fingerprint density at radius 3 is 2.56 bits per heavy atom. The first kappa shape index (κ1) is 19.5. The monoisotopic (exact) mass is 393 g/mol. The van der Waals surface area contributed by atoms with Crippen molar-refractivity contribution in [2.75, 3.05) is 33.5 Å². The van der Waals surface area contributed by atoms with Crippen molar-refractivity contribution < 1.29 is 27.4 Å². The van der Waals surface area contributed by atoms with Crippen LogP contribution in [0.15, 0.2) is 41.3 Å². The number of nitrogens with one attached hydrogen (secondary N) is 1. The van der Waals surface area contributed by atoms with Gasteiger partial charge in [0.05, 0.1) is 11.5 Å². The second-order valence-corrected chi connectivity index (χ2v) is 7.84. The van der Waals surface area contributed by atoms with Gasteiger partial charge in [-0.15, -0.1) is 0 Å². The van der Waals surface area contributed by atoms with Crippen LogP contribution in [0.5, 0.6) is 17.2 Å². The van der Waals surface area contributed by atoms with Crippen molar-refractivity contribution in [3.05, 3.63) is 47.5 Å². The lowest BCUT2D eigenvalue weighted by Gasteiger charge is -2.19. The Labute approximate surface area is 159 Å². The molecule has 2 aromatic carbocycles. The van der Waals surface area contributed by atoms with Gasteiger partial charge in [-0.25, -0.2) is 13.1 Å². The molecule has 0 radical (unpaired) electrons. The van der Waals surface area contributed by atoms with E-state index in [1.54, 1.807) is 31.4 Å². The van der Waals surface area contributed by atoms with Gasteiger partial charge in [-0.1, -0.05) is 6.07 Å². The number of sulfonamides is 1. The average molecular weight is 393 g/mol. The van der Waals surface area contributed by atoms with Gasteiger partial charge in [0.15, 0.2) is 11.5 Å². The van der Waals surface area contributed by atoms with Crippen LogP contribution in [0, 0.1) is 6.92 Å². The molecule has 146 valence electrons. The molecule has 7 nitrogen and oxygen atoms in total. The number of methoxy groups -OCH3 is 1. The van der Waals surface area contributed by atoms with Crippen molar-refractivity contribution in [2.45, 2.75) is 18.4 Å². The molecule has 0 saturated carbocycles. The third-order valence-corrected chi connectivity index (χ3v) is 5.47. The van der Waals surface area contributed by atoms with Crippen LogP contribution in [-0.2, 0) is 21.3 Å². The Balaban J connectivity index is 1.67. The lowest BCUT2D eigenvalue weighted by Crippen LogP contribution is -2.23. The first-order chi connectivity index (χ1) is 13.0. The van der Waals surface area contributed by atoms with Crippen LogP contribution >= 0.6 is 0 Å². The quantitative estimate of drug-likeness (QED) is 0.693. The zero-order chi connectivity index (χ0) is 19.3. The molecule has 0 bridgehead atoms. The summed E-state index contributed by atoms with van der Waals surface area (Å²) in [5.74, 6) is 1.94. The highest BCUT2D eigenvalue weighted by Gasteiger charge is 2.17. The number of fused-ring (bicyclic) bond motifs is 1. The van der Waals surface area contributed by atoms with Crippen LogP contribution in [0.4, 0.5) is 0 Å². The fourth-order valence-electron chi connectivity index (χ4n) is 2.65. The minimum absolute atomic E-state index is 0.157. The molecule has 1 aliphatic heterocycles. The Kier molecular flexibility index (Phi) is 6.20. The van der Waals surface area contributed by atoms with Crippen molar-refractivity contribution in [1.29, 1.82) is 0 Å². The standard InChI is InChI=1S/C19H23NO6S/c1-14-11-16(4-6-17(14)24-8-7-23-2)27(21,22)20-13-15-3-5-18-19(12-15)26-10-9-25-18/h3-6,11-12,20H,7-10,13H2,1-2H3. The molecule has 0 fully saturated rings. The number of rotatable bonds is 8. The lowest BCUT2D eigenvalue weighted by molar-refractivity contribution is 0.146. The van der Waals surface area contributed by atoms with E-state index in [0.29, 0.717) is 43.7 Å². The zero-order valence-electron chi connectivity index (χ0n) is 15.4. The van der Waals surface area contributed by atoms with Gasteiger partial charge in [-0.3, -0.25) is 0 Å². The Morgan fingerprint density at radius 2 is 1.81 bits per heavy atom. The number of hydrogen-bond acceptors (Lipinski definition) is 6. The molecular formula is C19H23NO6S. The number of ether oxygens (including phenoxy) is 4.